The Hall–Kier alpha value is -0.840. The maximum Gasteiger partial charge on any atom is 0.303 e. The monoisotopic (exact) mass is 274 g/mol. The molecule has 0 radical (unpaired) electrons. The molecular formula is C10H15BrN2O2. The Labute approximate surface area is 97.4 Å². The molecule has 1 N–H and O–H groups in total. The Bertz CT molecular complexity index is 347. The summed E-state index contributed by atoms with van der Waals surface area (Å²) in [5.74, 6) is -0.257. The largest absolute Gasteiger partial charge is 0.481 e. The number of aliphatic carboxylic acids is 1. The van der Waals surface area contributed by atoms with Crippen molar-refractivity contribution < 1.29 is 9.90 Å². The second kappa shape index (κ2) is 5.30. The van der Waals surface area contributed by atoms with E-state index in [1.165, 1.54) is 0 Å². The van der Waals surface area contributed by atoms with Gasteiger partial charge in [-0.15, -0.1) is 0 Å². The van der Waals surface area contributed by atoms with E-state index in [2.05, 4.69) is 34.9 Å². The highest BCUT2D eigenvalue weighted by Crippen LogP contribution is 2.19. The van der Waals surface area contributed by atoms with Crippen molar-refractivity contribution in [1.82, 2.24) is 9.78 Å². The summed E-state index contributed by atoms with van der Waals surface area (Å²) in [6, 6.07) is 0. The van der Waals surface area contributed by atoms with Crippen LogP contribution in [-0.4, -0.2) is 20.9 Å². The quantitative estimate of drug-likeness (QED) is 0.897. The third kappa shape index (κ3) is 3.66. The fraction of sp³-hybridized carbons (Fsp3) is 0.600. The van der Waals surface area contributed by atoms with Gasteiger partial charge < -0.3 is 5.11 Å². The van der Waals surface area contributed by atoms with Gasteiger partial charge in [0.2, 0.25) is 0 Å². The van der Waals surface area contributed by atoms with Crippen LogP contribution in [-0.2, 0) is 17.8 Å². The molecule has 0 spiro atoms. The zero-order valence-corrected chi connectivity index (χ0v) is 10.5. The number of aryl methyl sites for hydroxylation is 1. The summed E-state index contributed by atoms with van der Waals surface area (Å²) in [5, 5.41) is 12.8. The van der Waals surface area contributed by atoms with Crippen LogP contribution in [0, 0.1) is 5.92 Å². The standard InChI is InChI=1S/C10H15BrN2O2/c1-7(2)6-13-10(11)8(5-12-13)3-4-9(14)15/h5,7H,3-4,6H2,1-2H3,(H,14,15). The van der Waals surface area contributed by atoms with Crippen molar-refractivity contribution in [1.29, 1.82) is 0 Å². The average molecular weight is 275 g/mol. The van der Waals surface area contributed by atoms with E-state index in [9.17, 15) is 4.79 Å². The molecule has 15 heavy (non-hydrogen) atoms. The van der Waals surface area contributed by atoms with E-state index < -0.39 is 5.97 Å². The van der Waals surface area contributed by atoms with E-state index in [4.69, 9.17) is 5.11 Å². The lowest BCUT2D eigenvalue weighted by Gasteiger charge is -2.06. The highest BCUT2D eigenvalue weighted by atomic mass is 79.9. The number of nitrogens with zero attached hydrogens (tertiary/aromatic N) is 2. The number of carboxylic acid groups (broad SMARTS) is 1. The van der Waals surface area contributed by atoms with Gasteiger partial charge in [0, 0.05) is 18.5 Å². The van der Waals surface area contributed by atoms with Crippen molar-refractivity contribution >= 4 is 21.9 Å². The first-order valence-corrected chi connectivity index (χ1v) is 5.72. The molecule has 0 unspecified atom stereocenters. The van der Waals surface area contributed by atoms with Crippen molar-refractivity contribution in [2.75, 3.05) is 0 Å². The SMILES string of the molecule is CC(C)Cn1ncc(CCC(=O)O)c1Br. The summed E-state index contributed by atoms with van der Waals surface area (Å²) in [6.45, 7) is 5.07. The van der Waals surface area contributed by atoms with Gasteiger partial charge in [-0.25, -0.2) is 0 Å². The van der Waals surface area contributed by atoms with E-state index in [1.54, 1.807) is 6.20 Å². The van der Waals surface area contributed by atoms with E-state index in [0.717, 1.165) is 16.7 Å². The molecule has 0 atom stereocenters. The summed E-state index contributed by atoms with van der Waals surface area (Å²) >= 11 is 3.44. The van der Waals surface area contributed by atoms with Crippen LogP contribution in [0.1, 0.15) is 25.8 Å². The number of rotatable bonds is 5. The van der Waals surface area contributed by atoms with Gasteiger partial charge in [-0.2, -0.15) is 5.10 Å². The minimum Gasteiger partial charge on any atom is -0.481 e. The van der Waals surface area contributed by atoms with E-state index in [0.29, 0.717) is 12.3 Å². The number of carbonyl (C=O) groups is 1. The molecule has 0 fully saturated rings. The van der Waals surface area contributed by atoms with Crippen LogP contribution in [0.5, 0.6) is 0 Å². The second-order valence-corrected chi connectivity index (χ2v) is 4.68. The Kier molecular flexibility index (Phi) is 4.32. The third-order valence-electron chi connectivity index (χ3n) is 1.99. The molecule has 0 saturated carbocycles. The zero-order valence-electron chi connectivity index (χ0n) is 8.90. The van der Waals surface area contributed by atoms with Crippen LogP contribution in [0.3, 0.4) is 0 Å². The zero-order chi connectivity index (χ0) is 11.4. The smallest absolute Gasteiger partial charge is 0.303 e. The third-order valence-corrected chi connectivity index (χ3v) is 2.91. The summed E-state index contributed by atoms with van der Waals surface area (Å²) in [4.78, 5) is 10.4. The Morgan fingerprint density at radius 3 is 2.87 bits per heavy atom. The molecule has 0 bridgehead atoms. The average Bonchev–Trinajstić information content (AvgIpc) is 2.44. The predicted octanol–water partition coefficient (Wildman–Crippen LogP) is 2.32. The van der Waals surface area contributed by atoms with Crippen molar-refractivity contribution in [2.45, 2.75) is 33.2 Å². The maximum atomic E-state index is 10.4. The molecule has 0 aromatic carbocycles. The summed E-state index contributed by atoms with van der Waals surface area (Å²) in [7, 11) is 0. The Morgan fingerprint density at radius 2 is 2.33 bits per heavy atom. The Morgan fingerprint density at radius 1 is 1.67 bits per heavy atom. The van der Waals surface area contributed by atoms with Gasteiger partial charge in [0.1, 0.15) is 4.60 Å². The number of halogens is 1. The van der Waals surface area contributed by atoms with Gasteiger partial charge >= 0.3 is 5.97 Å². The molecule has 5 heteroatoms. The van der Waals surface area contributed by atoms with E-state index in [1.807, 2.05) is 4.68 Å². The molecular weight excluding hydrogens is 260 g/mol. The highest BCUT2D eigenvalue weighted by Gasteiger charge is 2.10. The summed E-state index contributed by atoms with van der Waals surface area (Å²) < 4.78 is 2.76. The normalized spacial score (nSPS) is 10.9. The van der Waals surface area contributed by atoms with Gasteiger partial charge in [0.05, 0.1) is 6.20 Å². The van der Waals surface area contributed by atoms with Crippen LogP contribution >= 0.6 is 15.9 Å². The number of carboxylic acids is 1. The van der Waals surface area contributed by atoms with Gasteiger partial charge in [0.25, 0.3) is 0 Å². The van der Waals surface area contributed by atoms with Gasteiger partial charge in [0.15, 0.2) is 0 Å². The lowest BCUT2D eigenvalue weighted by molar-refractivity contribution is -0.136. The minimum atomic E-state index is -0.779. The molecule has 1 aromatic heterocycles. The topological polar surface area (TPSA) is 55.1 Å². The minimum absolute atomic E-state index is 0.145. The molecule has 1 heterocycles. The Balaban J connectivity index is 2.66. The molecule has 0 aliphatic carbocycles. The van der Waals surface area contributed by atoms with Gasteiger partial charge in [-0.05, 0) is 28.3 Å². The molecule has 0 amide bonds. The first-order chi connectivity index (χ1) is 7.00. The first-order valence-electron chi connectivity index (χ1n) is 4.92. The molecule has 0 aliphatic heterocycles. The highest BCUT2D eigenvalue weighted by molar-refractivity contribution is 9.10. The van der Waals surface area contributed by atoms with Crippen LogP contribution < -0.4 is 0 Å². The van der Waals surface area contributed by atoms with Crippen molar-refractivity contribution in [2.24, 2.45) is 5.92 Å². The molecule has 1 aromatic rings. The summed E-state index contributed by atoms with van der Waals surface area (Å²) in [5.41, 5.74) is 0.957. The van der Waals surface area contributed by atoms with Crippen LogP contribution in [0.25, 0.3) is 0 Å². The number of aromatic nitrogens is 2. The number of hydrogen-bond acceptors (Lipinski definition) is 2. The summed E-state index contributed by atoms with van der Waals surface area (Å²) in [6.07, 6.45) is 2.40. The molecule has 0 aliphatic rings. The lowest BCUT2D eigenvalue weighted by Crippen LogP contribution is -2.06. The molecule has 84 valence electrons. The van der Waals surface area contributed by atoms with Crippen LogP contribution in [0.4, 0.5) is 0 Å². The molecule has 1 rings (SSSR count). The van der Waals surface area contributed by atoms with Crippen molar-refractivity contribution in [3.05, 3.63) is 16.4 Å². The van der Waals surface area contributed by atoms with E-state index in [-0.39, 0.29) is 6.42 Å². The van der Waals surface area contributed by atoms with Crippen molar-refractivity contribution in [3.63, 3.8) is 0 Å². The molecule has 4 nitrogen and oxygen atoms in total. The maximum absolute atomic E-state index is 10.4. The fourth-order valence-electron chi connectivity index (χ4n) is 1.29. The molecule has 0 saturated heterocycles. The van der Waals surface area contributed by atoms with Crippen molar-refractivity contribution in [3.8, 4) is 0 Å². The number of hydrogen-bond donors (Lipinski definition) is 1. The van der Waals surface area contributed by atoms with E-state index >= 15 is 0 Å². The van der Waals surface area contributed by atoms with Crippen LogP contribution in [0.15, 0.2) is 10.8 Å². The second-order valence-electron chi connectivity index (χ2n) is 3.93. The lowest BCUT2D eigenvalue weighted by atomic mass is 10.2. The van der Waals surface area contributed by atoms with Gasteiger partial charge in [-0.3, -0.25) is 9.48 Å². The first kappa shape index (κ1) is 12.2. The van der Waals surface area contributed by atoms with Gasteiger partial charge in [-0.1, -0.05) is 13.8 Å². The van der Waals surface area contributed by atoms with Crippen LogP contribution in [0.2, 0.25) is 0 Å². The fourth-order valence-corrected chi connectivity index (χ4v) is 1.83. The predicted molar refractivity (Wildman–Crippen MR) is 60.7 cm³/mol.